The predicted molar refractivity (Wildman–Crippen MR) is 124 cm³/mol. The highest BCUT2D eigenvalue weighted by Crippen LogP contribution is 2.39. The van der Waals surface area contributed by atoms with Crippen LogP contribution in [0.4, 0.5) is 0 Å². The molecule has 0 aliphatic carbocycles. The second-order valence-electron chi connectivity index (χ2n) is 7.39. The van der Waals surface area contributed by atoms with Gasteiger partial charge in [0.05, 0.1) is 6.61 Å². The van der Waals surface area contributed by atoms with E-state index in [-0.39, 0.29) is 18.0 Å². The van der Waals surface area contributed by atoms with Gasteiger partial charge in [-0.1, -0.05) is 64.5 Å². The maximum Gasteiger partial charge on any atom is 0.162 e. The van der Waals surface area contributed by atoms with E-state index in [9.17, 15) is 5.11 Å². The number of halogens is 1. The molecule has 2 N–H and O–H groups in total. The summed E-state index contributed by atoms with van der Waals surface area (Å²) >= 11 is 3.51. The van der Waals surface area contributed by atoms with Crippen LogP contribution in [0.25, 0.3) is 0 Å². The number of hydrogen-bond donors (Lipinski definition) is 2. The van der Waals surface area contributed by atoms with E-state index in [0.29, 0.717) is 18.8 Å². The van der Waals surface area contributed by atoms with Crippen molar-refractivity contribution in [3.8, 4) is 11.5 Å². The van der Waals surface area contributed by atoms with E-state index in [1.54, 1.807) is 6.07 Å². The summed E-state index contributed by atoms with van der Waals surface area (Å²) in [5.74, 6) is 0.703. The van der Waals surface area contributed by atoms with Crippen molar-refractivity contribution in [1.29, 1.82) is 0 Å². The van der Waals surface area contributed by atoms with Crippen LogP contribution in [-0.4, -0.2) is 17.4 Å². The van der Waals surface area contributed by atoms with E-state index in [0.717, 1.165) is 26.9 Å². The SMILES string of the molecule is CCOc1cccc([C@H]2CC(c3ccc(Br)cc3)=N[C@H](c3ccccc3C)N2)c1O. The number of nitrogens with one attached hydrogen (secondary N) is 1. The number of aromatic hydroxyl groups is 1. The van der Waals surface area contributed by atoms with Crippen molar-refractivity contribution < 1.29 is 9.84 Å². The highest BCUT2D eigenvalue weighted by molar-refractivity contribution is 9.10. The molecule has 3 aromatic rings. The van der Waals surface area contributed by atoms with Crippen LogP contribution in [0.15, 0.2) is 76.2 Å². The van der Waals surface area contributed by atoms with Gasteiger partial charge >= 0.3 is 0 Å². The number of aliphatic imine (C=N–C) groups is 1. The van der Waals surface area contributed by atoms with Crippen LogP contribution in [0.1, 0.15) is 47.8 Å². The lowest BCUT2D eigenvalue weighted by molar-refractivity contribution is 0.313. The quantitative estimate of drug-likeness (QED) is 0.480. The van der Waals surface area contributed by atoms with Crippen molar-refractivity contribution in [3.05, 3.63) is 93.5 Å². The molecule has 5 heteroatoms. The van der Waals surface area contributed by atoms with Crippen molar-refractivity contribution >= 4 is 21.6 Å². The molecule has 0 radical (unpaired) electrons. The zero-order chi connectivity index (χ0) is 21.1. The topological polar surface area (TPSA) is 53.8 Å². The molecule has 0 aromatic heterocycles. The Hall–Kier alpha value is -2.63. The number of ether oxygens (including phenoxy) is 1. The molecule has 154 valence electrons. The lowest BCUT2D eigenvalue weighted by atomic mass is 9.92. The number of rotatable bonds is 5. The van der Waals surface area contributed by atoms with Crippen molar-refractivity contribution in [3.63, 3.8) is 0 Å². The van der Waals surface area contributed by atoms with Gasteiger partial charge in [0.25, 0.3) is 0 Å². The summed E-state index contributed by atoms with van der Waals surface area (Å²) in [7, 11) is 0. The Kier molecular flexibility index (Phi) is 6.21. The molecule has 0 amide bonds. The van der Waals surface area contributed by atoms with Gasteiger partial charge in [-0.2, -0.15) is 0 Å². The van der Waals surface area contributed by atoms with Gasteiger partial charge in [0.2, 0.25) is 0 Å². The van der Waals surface area contributed by atoms with Gasteiger partial charge in [0, 0.05) is 28.2 Å². The summed E-state index contributed by atoms with van der Waals surface area (Å²) in [6.07, 6.45) is 0.478. The molecule has 0 saturated carbocycles. The smallest absolute Gasteiger partial charge is 0.162 e. The molecule has 1 aliphatic rings. The third-order valence-corrected chi connectivity index (χ3v) is 5.94. The first-order valence-electron chi connectivity index (χ1n) is 10.2. The normalized spacial score (nSPS) is 18.7. The molecule has 1 aliphatic heterocycles. The number of hydrogen-bond acceptors (Lipinski definition) is 4. The third kappa shape index (κ3) is 4.27. The van der Waals surface area contributed by atoms with Crippen molar-refractivity contribution in [2.24, 2.45) is 4.99 Å². The number of aryl methyl sites for hydroxylation is 1. The highest BCUT2D eigenvalue weighted by Gasteiger charge is 2.29. The van der Waals surface area contributed by atoms with Crippen LogP contribution in [0.2, 0.25) is 0 Å². The Labute approximate surface area is 185 Å². The van der Waals surface area contributed by atoms with Gasteiger partial charge in [-0.3, -0.25) is 10.3 Å². The minimum atomic E-state index is -0.196. The Morgan fingerprint density at radius 2 is 1.77 bits per heavy atom. The first kappa shape index (κ1) is 20.6. The van der Waals surface area contributed by atoms with Crippen molar-refractivity contribution in [2.45, 2.75) is 32.5 Å². The van der Waals surface area contributed by atoms with E-state index in [1.807, 2.05) is 43.3 Å². The highest BCUT2D eigenvalue weighted by atomic mass is 79.9. The fourth-order valence-corrected chi connectivity index (χ4v) is 4.13. The molecule has 4 rings (SSSR count). The summed E-state index contributed by atoms with van der Waals surface area (Å²) in [4.78, 5) is 5.05. The predicted octanol–water partition coefficient (Wildman–Crippen LogP) is 6.08. The number of benzene rings is 3. The molecule has 4 nitrogen and oxygen atoms in total. The zero-order valence-electron chi connectivity index (χ0n) is 17.1. The van der Waals surface area contributed by atoms with Gasteiger partial charge in [-0.15, -0.1) is 0 Å². The summed E-state index contributed by atoms with van der Waals surface area (Å²) in [5.41, 5.74) is 5.24. The van der Waals surface area contributed by atoms with Crippen LogP contribution in [0, 0.1) is 6.92 Å². The maximum absolute atomic E-state index is 10.9. The molecular weight excluding hydrogens is 440 g/mol. The largest absolute Gasteiger partial charge is 0.504 e. The summed E-state index contributed by atoms with van der Waals surface area (Å²) in [6, 6.07) is 22.1. The molecule has 3 aromatic carbocycles. The fourth-order valence-electron chi connectivity index (χ4n) is 3.87. The Morgan fingerprint density at radius 1 is 1.03 bits per heavy atom. The van der Waals surface area contributed by atoms with Crippen LogP contribution in [0.3, 0.4) is 0 Å². The van der Waals surface area contributed by atoms with Gasteiger partial charge < -0.3 is 9.84 Å². The van der Waals surface area contributed by atoms with Gasteiger partial charge in [0.15, 0.2) is 11.5 Å². The van der Waals surface area contributed by atoms with E-state index in [1.165, 1.54) is 5.56 Å². The zero-order valence-corrected chi connectivity index (χ0v) is 18.7. The summed E-state index contributed by atoms with van der Waals surface area (Å²) < 4.78 is 6.65. The van der Waals surface area contributed by atoms with Gasteiger partial charge in [-0.05, 0) is 48.7 Å². The number of nitrogens with zero attached hydrogens (tertiary/aromatic N) is 1. The average Bonchev–Trinajstić information content (AvgIpc) is 2.76. The van der Waals surface area contributed by atoms with Crippen LogP contribution >= 0.6 is 15.9 Å². The summed E-state index contributed by atoms with van der Waals surface area (Å²) in [6.45, 7) is 4.52. The molecule has 0 fully saturated rings. The molecule has 0 spiro atoms. The molecule has 0 unspecified atom stereocenters. The molecule has 30 heavy (non-hydrogen) atoms. The minimum absolute atomic E-state index is 0.0915. The van der Waals surface area contributed by atoms with Crippen molar-refractivity contribution in [2.75, 3.05) is 6.61 Å². The van der Waals surface area contributed by atoms with Crippen LogP contribution in [-0.2, 0) is 0 Å². The fraction of sp³-hybridized carbons (Fsp3) is 0.240. The average molecular weight is 465 g/mol. The second kappa shape index (κ2) is 9.02. The Bertz CT molecular complexity index is 1060. The molecule has 0 saturated heterocycles. The van der Waals surface area contributed by atoms with E-state index in [2.05, 4.69) is 52.4 Å². The third-order valence-electron chi connectivity index (χ3n) is 5.41. The monoisotopic (exact) mass is 464 g/mol. The molecule has 2 atom stereocenters. The first-order chi connectivity index (χ1) is 14.6. The maximum atomic E-state index is 10.9. The van der Waals surface area contributed by atoms with E-state index < -0.39 is 0 Å². The van der Waals surface area contributed by atoms with Crippen LogP contribution in [0.5, 0.6) is 11.5 Å². The Morgan fingerprint density at radius 3 is 2.50 bits per heavy atom. The molecular formula is C25H25BrN2O2. The van der Waals surface area contributed by atoms with Gasteiger partial charge in [-0.25, -0.2) is 0 Å². The Balaban J connectivity index is 1.77. The lowest BCUT2D eigenvalue weighted by Gasteiger charge is -2.31. The number of phenols is 1. The molecule has 0 bridgehead atoms. The number of para-hydroxylation sites is 1. The van der Waals surface area contributed by atoms with Gasteiger partial charge in [0.1, 0.15) is 6.17 Å². The van der Waals surface area contributed by atoms with E-state index >= 15 is 0 Å². The number of phenolic OH excluding ortho intramolecular Hbond substituents is 1. The summed E-state index contributed by atoms with van der Waals surface area (Å²) in [5, 5.41) is 14.5. The van der Waals surface area contributed by atoms with E-state index in [4.69, 9.17) is 9.73 Å². The van der Waals surface area contributed by atoms with Crippen LogP contribution < -0.4 is 10.1 Å². The van der Waals surface area contributed by atoms with Crippen molar-refractivity contribution in [1.82, 2.24) is 5.32 Å². The molecule has 1 heterocycles. The first-order valence-corrected chi connectivity index (χ1v) is 10.9. The minimum Gasteiger partial charge on any atom is -0.504 e. The lowest BCUT2D eigenvalue weighted by Crippen LogP contribution is -2.33. The standard InChI is InChI=1S/C25H25BrN2O2/c1-3-30-23-10-6-9-20(24(23)29)22-15-21(17-11-13-18(26)14-12-17)27-25(28-22)19-8-5-4-7-16(19)2/h4-14,22,25,28-29H,3,15H2,1-2H3/t22-,25+/m1/s1. The second-order valence-corrected chi connectivity index (χ2v) is 8.31.